The highest BCUT2D eigenvalue weighted by Gasteiger charge is 2.27. The summed E-state index contributed by atoms with van der Waals surface area (Å²) in [5, 5.41) is 10.5. The predicted octanol–water partition coefficient (Wildman–Crippen LogP) is -0.138. The molecule has 18 heavy (non-hydrogen) atoms. The second kappa shape index (κ2) is 4.89. The number of hydrogen-bond donors (Lipinski definition) is 1. The van der Waals surface area contributed by atoms with E-state index in [1.54, 1.807) is 6.07 Å². The van der Waals surface area contributed by atoms with Gasteiger partial charge in [0.2, 0.25) is 0 Å². The largest absolute Gasteiger partial charge is 0.464 e. The molecule has 1 aliphatic heterocycles. The summed E-state index contributed by atoms with van der Waals surface area (Å²) < 4.78 is 27.0. The minimum absolute atomic E-state index is 0.105. The molecule has 0 bridgehead atoms. The number of ether oxygens (including phenoxy) is 1. The van der Waals surface area contributed by atoms with Crippen molar-refractivity contribution >= 4 is 21.6 Å². The molecule has 1 aromatic rings. The third kappa shape index (κ3) is 2.95. The first-order valence-electron chi connectivity index (χ1n) is 5.39. The Morgan fingerprint density at radius 1 is 1.44 bits per heavy atom. The normalized spacial score (nSPS) is 21.5. The standard InChI is InChI=1S/C10H13N3O4S/c1-17-10(14)8-2-3-9(13-12-8)11-7-4-5-18(15,16)6-7/h2-3,7H,4-6H2,1H3,(H,11,13). The van der Waals surface area contributed by atoms with E-state index in [-0.39, 0.29) is 23.2 Å². The van der Waals surface area contributed by atoms with Crippen molar-refractivity contribution < 1.29 is 17.9 Å². The zero-order chi connectivity index (χ0) is 13.2. The molecule has 1 aliphatic rings. The maximum Gasteiger partial charge on any atom is 0.358 e. The number of sulfone groups is 1. The van der Waals surface area contributed by atoms with Crippen LogP contribution in [0.3, 0.4) is 0 Å². The smallest absolute Gasteiger partial charge is 0.358 e. The van der Waals surface area contributed by atoms with E-state index in [1.807, 2.05) is 0 Å². The average Bonchev–Trinajstić information content (AvgIpc) is 2.68. The Bertz CT molecular complexity index is 541. The van der Waals surface area contributed by atoms with Crippen molar-refractivity contribution in [2.45, 2.75) is 12.5 Å². The zero-order valence-electron chi connectivity index (χ0n) is 9.79. The van der Waals surface area contributed by atoms with Crippen LogP contribution in [-0.4, -0.2) is 49.2 Å². The molecular formula is C10H13N3O4S. The Morgan fingerprint density at radius 3 is 2.72 bits per heavy atom. The van der Waals surface area contributed by atoms with Gasteiger partial charge >= 0.3 is 5.97 Å². The van der Waals surface area contributed by atoms with Crippen LogP contribution in [0.5, 0.6) is 0 Å². The Morgan fingerprint density at radius 2 is 2.22 bits per heavy atom. The van der Waals surface area contributed by atoms with Crippen LogP contribution in [0.4, 0.5) is 5.82 Å². The lowest BCUT2D eigenvalue weighted by atomic mass is 10.2. The number of anilines is 1. The van der Waals surface area contributed by atoms with Crippen LogP contribution in [0.15, 0.2) is 12.1 Å². The van der Waals surface area contributed by atoms with E-state index in [4.69, 9.17) is 0 Å². The molecule has 8 heteroatoms. The third-order valence-corrected chi connectivity index (χ3v) is 4.41. The number of esters is 1. The van der Waals surface area contributed by atoms with Gasteiger partial charge in [0.1, 0.15) is 5.82 Å². The lowest BCUT2D eigenvalue weighted by molar-refractivity contribution is 0.0593. The Kier molecular flexibility index (Phi) is 3.46. The fourth-order valence-corrected chi connectivity index (χ4v) is 3.41. The van der Waals surface area contributed by atoms with Gasteiger partial charge in [-0.2, -0.15) is 0 Å². The topological polar surface area (TPSA) is 98.2 Å². The van der Waals surface area contributed by atoms with E-state index >= 15 is 0 Å². The van der Waals surface area contributed by atoms with Crippen molar-refractivity contribution in [3.63, 3.8) is 0 Å². The Hall–Kier alpha value is -1.70. The molecule has 0 saturated carbocycles. The SMILES string of the molecule is COC(=O)c1ccc(NC2CCS(=O)(=O)C2)nn1. The first-order valence-corrected chi connectivity index (χ1v) is 7.21. The van der Waals surface area contributed by atoms with Gasteiger partial charge in [-0.05, 0) is 18.6 Å². The number of rotatable bonds is 3. The van der Waals surface area contributed by atoms with Gasteiger partial charge < -0.3 is 10.1 Å². The number of methoxy groups -OCH3 is 1. The van der Waals surface area contributed by atoms with Gasteiger partial charge in [-0.1, -0.05) is 0 Å². The van der Waals surface area contributed by atoms with Crippen molar-refractivity contribution in [3.05, 3.63) is 17.8 Å². The maximum absolute atomic E-state index is 11.3. The van der Waals surface area contributed by atoms with Gasteiger partial charge in [-0.15, -0.1) is 10.2 Å². The Labute approximate surface area is 104 Å². The van der Waals surface area contributed by atoms with Gasteiger partial charge in [-0.25, -0.2) is 13.2 Å². The van der Waals surface area contributed by atoms with Crippen LogP contribution in [-0.2, 0) is 14.6 Å². The highest BCUT2D eigenvalue weighted by Crippen LogP contribution is 2.15. The quantitative estimate of drug-likeness (QED) is 0.764. The fraction of sp³-hybridized carbons (Fsp3) is 0.500. The van der Waals surface area contributed by atoms with E-state index in [2.05, 4.69) is 20.3 Å². The van der Waals surface area contributed by atoms with Crippen molar-refractivity contribution in [3.8, 4) is 0 Å². The highest BCUT2D eigenvalue weighted by atomic mass is 32.2. The molecule has 1 saturated heterocycles. The van der Waals surface area contributed by atoms with Gasteiger partial charge in [0.25, 0.3) is 0 Å². The summed E-state index contributed by atoms with van der Waals surface area (Å²) in [6.45, 7) is 0. The third-order valence-electron chi connectivity index (χ3n) is 2.64. The van der Waals surface area contributed by atoms with Crippen LogP contribution in [0.2, 0.25) is 0 Å². The lowest BCUT2D eigenvalue weighted by Gasteiger charge is -2.10. The number of hydrogen-bond acceptors (Lipinski definition) is 7. The van der Waals surface area contributed by atoms with E-state index in [0.717, 1.165) is 0 Å². The fourth-order valence-electron chi connectivity index (χ4n) is 1.74. The van der Waals surface area contributed by atoms with Gasteiger partial charge in [0, 0.05) is 6.04 Å². The number of carbonyl (C=O) groups is 1. The monoisotopic (exact) mass is 271 g/mol. The maximum atomic E-state index is 11.3. The minimum atomic E-state index is -2.93. The first kappa shape index (κ1) is 12.7. The van der Waals surface area contributed by atoms with E-state index in [0.29, 0.717) is 12.2 Å². The van der Waals surface area contributed by atoms with Crippen LogP contribution in [0.25, 0.3) is 0 Å². The number of nitrogens with one attached hydrogen (secondary N) is 1. The molecule has 1 N–H and O–H groups in total. The summed E-state index contributed by atoms with van der Waals surface area (Å²) in [5.74, 6) is 0.188. The zero-order valence-corrected chi connectivity index (χ0v) is 10.6. The molecule has 0 aromatic carbocycles. The molecular weight excluding hydrogens is 258 g/mol. The van der Waals surface area contributed by atoms with Crippen LogP contribution >= 0.6 is 0 Å². The number of aromatic nitrogens is 2. The van der Waals surface area contributed by atoms with E-state index in [1.165, 1.54) is 13.2 Å². The molecule has 2 rings (SSSR count). The lowest BCUT2D eigenvalue weighted by Crippen LogP contribution is -2.21. The molecule has 1 atom stereocenters. The second-order valence-corrected chi connectivity index (χ2v) is 6.27. The summed E-state index contributed by atoms with van der Waals surface area (Å²) in [6, 6.07) is 2.91. The van der Waals surface area contributed by atoms with Crippen LogP contribution in [0.1, 0.15) is 16.9 Å². The van der Waals surface area contributed by atoms with Crippen molar-refractivity contribution in [2.24, 2.45) is 0 Å². The van der Waals surface area contributed by atoms with Crippen LogP contribution < -0.4 is 5.32 Å². The number of nitrogens with zero attached hydrogens (tertiary/aromatic N) is 2. The van der Waals surface area contributed by atoms with Crippen molar-refractivity contribution in [1.29, 1.82) is 0 Å². The molecule has 98 valence electrons. The summed E-state index contributed by atoms with van der Waals surface area (Å²) in [4.78, 5) is 11.1. The molecule has 2 heterocycles. The minimum Gasteiger partial charge on any atom is -0.464 e. The summed E-state index contributed by atoms with van der Waals surface area (Å²) in [7, 11) is -1.66. The average molecular weight is 271 g/mol. The van der Waals surface area contributed by atoms with Crippen molar-refractivity contribution in [2.75, 3.05) is 23.9 Å². The summed E-state index contributed by atoms with van der Waals surface area (Å²) in [6.07, 6.45) is 0.558. The molecule has 0 radical (unpaired) electrons. The molecule has 1 unspecified atom stereocenters. The summed E-state index contributed by atoms with van der Waals surface area (Å²) in [5.41, 5.74) is 0.113. The summed E-state index contributed by atoms with van der Waals surface area (Å²) >= 11 is 0. The molecule has 0 aliphatic carbocycles. The van der Waals surface area contributed by atoms with E-state index in [9.17, 15) is 13.2 Å². The second-order valence-electron chi connectivity index (χ2n) is 4.04. The van der Waals surface area contributed by atoms with Gasteiger partial charge in [0.15, 0.2) is 15.5 Å². The highest BCUT2D eigenvalue weighted by molar-refractivity contribution is 7.91. The van der Waals surface area contributed by atoms with Gasteiger partial charge in [0.05, 0.1) is 18.6 Å². The van der Waals surface area contributed by atoms with E-state index < -0.39 is 15.8 Å². The Balaban J connectivity index is 2.01. The predicted molar refractivity (Wildman–Crippen MR) is 64.1 cm³/mol. The molecule has 7 nitrogen and oxygen atoms in total. The molecule has 1 fully saturated rings. The molecule has 0 amide bonds. The van der Waals surface area contributed by atoms with Crippen molar-refractivity contribution in [1.82, 2.24) is 10.2 Å². The first-order chi connectivity index (χ1) is 8.50. The number of carbonyl (C=O) groups excluding carboxylic acids is 1. The molecule has 1 aromatic heterocycles. The van der Waals surface area contributed by atoms with Crippen LogP contribution in [0, 0.1) is 0 Å². The van der Waals surface area contributed by atoms with Gasteiger partial charge in [-0.3, -0.25) is 0 Å². The molecule has 0 spiro atoms.